The van der Waals surface area contributed by atoms with Crippen molar-refractivity contribution in [1.29, 1.82) is 5.26 Å². The van der Waals surface area contributed by atoms with Gasteiger partial charge >= 0.3 is 5.97 Å². The van der Waals surface area contributed by atoms with Crippen molar-refractivity contribution in [3.63, 3.8) is 0 Å². The van der Waals surface area contributed by atoms with Crippen LogP contribution in [0.3, 0.4) is 0 Å². The minimum Gasteiger partial charge on any atom is -0.452 e. The Balaban J connectivity index is 2.05. The number of likely N-dealkylation sites (N-methyl/N-ethyl adjacent to an activating group) is 1. The Bertz CT molecular complexity index is 860. The Labute approximate surface area is 153 Å². The summed E-state index contributed by atoms with van der Waals surface area (Å²) in [4.78, 5) is 25.3. The number of carbonyl (C=O) groups is 2. The van der Waals surface area contributed by atoms with Gasteiger partial charge in [-0.3, -0.25) is 9.10 Å². The lowest BCUT2D eigenvalue weighted by Crippen LogP contribution is -2.34. The van der Waals surface area contributed by atoms with E-state index in [1.807, 2.05) is 6.07 Å². The van der Waals surface area contributed by atoms with Crippen molar-refractivity contribution >= 4 is 27.6 Å². The van der Waals surface area contributed by atoms with Gasteiger partial charge in [0, 0.05) is 19.6 Å². The van der Waals surface area contributed by atoms with E-state index in [9.17, 15) is 18.0 Å². The molecule has 2 rings (SSSR count). The second-order valence-electron chi connectivity index (χ2n) is 6.25. The number of amides is 1. The lowest BCUT2D eigenvalue weighted by atomic mass is 10.1. The summed E-state index contributed by atoms with van der Waals surface area (Å²) in [6.45, 7) is 1.66. The number of sulfonamides is 1. The summed E-state index contributed by atoms with van der Waals surface area (Å²) in [5.41, 5.74) is 1.57. The zero-order chi connectivity index (χ0) is 19.5. The number of fused-ring (bicyclic) bond motifs is 1. The molecule has 0 aliphatic carbocycles. The monoisotopic (exact) mass is 379 g/mol. The van der Waals surface area contributed by atoms with Gasteiger partial charge in [0.15, 0.2) is 6.61 Å². The number of benzene rings is 1. The summed E-state index contributed by atoms with van der Waals surface area (Å²) in [6, 6.07) is 6.39. The van der Waals surface area contributed by atoms with Crippen molar-refractivity contribution in [2.24, 2.45) is 0 Å². The first kappa shape index (κ1) is 19.7. The van der Waals surface area contributed by atoms with Crippen LogP contribution < -0.4 is 4.31 Å². The SMILES string of the molecule is C[C@@H]1Cc2cc(C(=O)OCC(=O)N(C)CCC#N)ccc2N1S(C)(=O)=O. The molecule has 140 valence electrons. The molecule has 0 unspecified atom stereocenters. The Morgan fingerprint density at radius 3 is 2.73 bits per heavy atom. The maximum absolute atomic E-state index is 12.2. The molecule has 0 bridgehead atoms. The first-order valence-corrected chi connectivity index (χ1v) is 9.90. The lowest BCUT2D eigenvalue weighted by Gasteiger charge is -2.21. The van der Waals surface area contributed by atoms with Crippen LogP contribution in [0.1, 0.15) is 29.3 Å². The number of hydrogen-bond acceptors (Lipinski definition) is 6. The van der Waals surface area contributed by atoms with E-state index in [1.54, 1.807) is 19.1 Å². The predicted molar refractivity (Wildman–Crippen MR) is 95.1 cm³/mol. The molecule has 26 heavy (non-hydrogen) atoms. The molecule has 1 heterocycles. The molecule has 0 aromatic heterocycles. The van der Waals surface area contributed by atoms with Crippen LogP contribution in [0.2, 0.25) is 0 Å². The zero-order valence-corrected chi connectivity index (χ0v) is 15.7. The molecule has 0 fully saturated rings. The average molecular weight is 379 g/mol. The fraction of sp³-hybridized carbons (Fsp3) is 0.471. The predicted octanol–water partition coefficient (Wildman–Crippen LogP) is 0.926. The topological polar surface area (TPSA) is 108 Å². The molecule has 0 saturated carbocycles. The van der Waals surface area contributed by atoms with Crippen molar-refractivity contribution in [2.75, 3.05) is 30.8 Å². The number of nitrogens with zero attached hydrogens (tertiary/aromatic N) is 3. The smallest absolute Gasteiger partial charge is 0.338 e. The number of carbonyl (C=O) groups excluding carboxylic acids is 2. The Morgan fingerprint density at radius 1 is 1.42 bits per heavy atom. The molecule has 1 aromatic carbocycles. The third-order valence-corrected chi connectivity index (χ3v) is 5.41. The molecule has 0 radical (unpaired) electrons. The van der Waals surface area contributed by atoms with E-state index in [0.717, 1.165) is 11.8 Å². The van der Waals surface area contributed by atoms with E-state index in [4.69, 9.17) is 10.00 Å². The van der Waals surface area contributed by atoms with Crippen LogP contribution in [0, 0.1) is 11.3 Å². The molecule has 1 atom stereocenters. The van der Waals surface area contributed by atoms with Gasteiger partial charge in [0.05, 0.1) is 30.0 Å². The van der Waals surface area contributed by atoms with Gasteiger partial charge in [0.2, 0.25) is 10.0 Å². The van der Waals surface area contributed by atoms with Gasteiger partial charge in [-0.15, -0.1) is 0 Å². The standard InChI is InChI=1S/C17H21N3O5S/c1-12-9-14-10-13(5-6-15(14)20(12)26(3,23)24)17(22)25-11-16(21)19(2)8-4-7-18/h5-6,10,12H,4,8-9,11H2,1-3H3/t12-/m1/s1. The Kier molecular flexibility index (Phi) is 5.87. The second-order valence-corrected chi connectivity index (χ2v) is 8.11. The van der Waals surface area contributed by atoms with Crippen molar-refractivity contribution in [2.45, 2.75) is 25.8 Å². The zero-order valence-electron chi connectivity index (χ0n) is 14.9. The van der Waals surface area contributed by atoms with Gasteiger partial charge in [-0.25, -0.2) is 13.2 Å². The van der Waals surface area contributed by atoms with Crippen LogP contribution >= 0.6 is 0 Å². The summed E-state index contributed by atoms with van der Waals surface area (Å²) in [5.74, 6) is -1.05. The molecule has 1 amide bonds. The Hall–Kier alpha value is -2.60. The van der Waals surface area contributed by atoms with Crippen molar-refractivity contribution < 1.29 is 22.7 Å². The second kappa shape index (κ2) is 7.74. The molecule has 1 aliphatic rings. The van der Waals surface area contributed by atoms with E-state index in [1.165, 1.54) is 22.3 Å². The normalized spacial score (nSPS) is 15.9. The summed E-state index contributed by atoms with van der Waals surface area (Å²) in [5, 5.41) is 8.51. The number of nitriles is 1. The van der Waals surface area contributed by atoms with Crippen LogP contribution in [-0.2, 0) is 26.0 Å². The van der Waals surface area contributed by atoms with Crippen molar-refractivity contribution in [1.82, 2.24) is 4.90 Å². The fourth-order valence-electron chi connectivity index (χ4n) is 2.90. The van der Waals surface area contributed by atoms with Crippen LogP contribution in [-0.4, -0.2) is 57.7 Å². The summed E-state index contributed by atoms with van der Waals surface area (Å²) in [7, 11) is -1.86. The van der Waals surface area contributed by atoms with E-state index in [2.05, 4.69) is 0 Å². The molecule has 1 aromatic rings. The fourth-order valence-corrected chi connectivity index (χ4v) is 4.16. The highest BCUT2D eigenvalue weighted by Crippen LogP contribution is 2.34. The number of hydrogen-bond donors (Lipinski definition) is 0. The number of rotatable bonds is 6. The van der Waals surface area contributed by atoms with Gasteiger partial charge in [-0.2, -0.15) is 5.26 Å². The minimum atomic E-state index is -3.39. The molecule has 0 N–H and O–H groups in total. The van der Waals surface area contributed by atoms with E-state index >= 15 is 0 Å². The summed E-state index contributed by atoms with van der Waals surface area (Å²) in [6.07, 6.45) is 1.85. The van der Waals surface area contributed by atoms with E-state index in [0.29, 0.717) is 12.1 Å². The third-order valence-electron chi connectivity index (χ3n) is 4.14. The van der Waals surface area contributed by atoms with Crippen LogP contribution in [0.15, 0.2) is 18.2 Å². The van der Waals surface area contributed by atoms with E-state index in [-0.39, 0.29) is 24.6 Å². The van der Waals surface area contributed by atoms with Gasteiger partial charge in [0.25, 0.3) is 5.91 Å². The molecular formula is C17H21N3O5S. The van der Waals surface area contributed by atoms with Crippen LogP contribution in [0.25, 0.3) is 0 Å². The van der Waals surface area contributed by atoms with Crippen LogP contribution in [0.5, 0.6) is 0 Å². The molecule has 0 saturated heterocycles. The maximum atomic E-state index is 12.2. The van der Waals surface area contributed by atoms with Crippen LogP contribution in [0.4, 0.5) is 5.69 Å². The number of anilines is 1. The molecule has 1 aliphatic heterocycles. The minimum absolute atomic E-state index is 0.204. The van der Waals surface area contributed by atoms with E-state index < -0.39 is 28.5 Å². The molecule has 0 spiro atoms. The summed E-state index contributed by atoms with van der Waals surface area (Å²) >= 11 is 0. The highest BCUT2D eigenvalue weighted by molar-refractivity contribution is 7.92. The largest absolute Gasteiger partial charge is 0.452 e. The van der Waals surface area contributed by atoms with Gasteiger partial charge in [-0.05, 0) is 37.1 Å². The highest BCUT2D eigenvalue weighted by Gasteiger charge is 2.33. The first-order chi connectivity index (χ1) is 12.1. The molecule has 9 heteroatoms. The average Bonchev–Trinajstić information content (AvgIpc) is 2.91. The van der Waals surface area contributed by atoms with Crippen molar-refractivity contribution in [3.8, 4) is 6.07 Å². The highest BCUT2D eigenvalue weighted by atomic mass is 32.2. The summed E-state index contributed by atoms with van der Waals surface area (Å²) < 4.78 is 30.2. The lowest BCUT2D eigenvalue weighted by molar-refractivity contribution is -0.133. The molecular weight excluding hydrogens is 358 g/mol. The van der Waals surface area contributed by atoms with Gasteiger partial charge in [0.1, 0.15) is 0 Å². The van der Waals surface area contributed by atoms with Gasteiger partial charge in [-0.1, -0.05) is 0 Å². The Morgan fingerprint density at radius 2 is 2.12 bits per heavy atom. The maximum Gasteiger partial charge on any atom is 0.338 e. The quantitative estimate of drug-likeness (QED) is 0.680. The number of esters is 1. The molecule has 8 nitrogen and oxygen atoms in total. The van der Waals surface area contributed by atoms with Gasteiger partial charge < -0.3 is 9.64 Å². The van der Waals surface area contributed by atoms with Crippen molar-refractivity contribution in [3.05, 3.63) is 29.3 Å². The number of ether oxygens (including phenoxy) is 1. The first-order valence-electron chi connectivity index (χ1n) is 8.05. The third kappa shape index (κ3) is 4.32.